The number of piperidine rings is 1. The van der Waals surface area contributed by atoms with Crippen LogP contribution >= 0.6 is 0 Å². The van der Waals surface area contributed by atoms with E-state index < -0.39 is 0 Å². The molecular weight excluding hydrogens is 284 g/mol. The van der Waals surface area contributed by atoms with Crippen molar-refractivity contribution in [3.63, 3.8) is 0 Å². The summed E-state index contributed by atoms with van der Waals surface area (Å²) in [5.74, 6) is 3.52. The zero-order valence-corrected chi connectivity index (χ0v) is 14.3. The summed E-state index contributed by atoms with van der Waals surface area (Å²) < 4.78 is 0. The Morgan fingerprint density at radius 1 is 1.17 bits per heavy atom. The van der Waals surface area contributed by atoms with Gasteiger partial charge in [0.25, 0.3) is 0 Å². The molecule has 0 spiro atoms. The van der Waals surface area contributed by atoms with Crippen LogP contribution in [-0.2, 0) is 6.54 Å². The van der Waals surface area contributed by atoms with Crippen LogP contribution in [-0.4, -0.2) is 23.1 Å². The molecule has 1 atom stereocenters. The molecule has 0 saturated carbocycles. The van der Waals surface area contributed by atoms with Crippen molar-refractivity contribution in [2.75, 3.05) is 23.3 Å². The Morgan fingerprint density at radius 2 is 1.96 bits per heavy atom. The van der Waals surface area contributed by atoms with E-state index in [0.717, 1.165) is 43.0 Å². The summed E-state index contributed by atoms with van der Waals surface area (Å²) in [7, 11) is 0. The summed E-state index contributed by atoms with van der Waals surface area (Å²) in [5.41, 5.74) is 2.55. The van der Waals surface area contributed by atoms with E-state index in [-0.39, 0.29) is 0 Å². The zero-order valence-electron chi connectivity index (χ0n) is 14.3. The van der Waals surface area contributed by atoms with E-state index >= 15 is 0 Å². The third kappa shape index (κ3) is 4.21. The minimum absolute atomic E-state index is 0.739. The van der Waals surface area contributed by atoms with Gasteiger partial charge in [0.05, 0.1) is 0 Å². The number of hydrogen-bond donors (Lipinski definition) is 1. The highest BCUT2D eigenvalue weighted by Gasteiger charge is 2.18. The molecule has 23 heavy (non-hydrogen) atoms. The number of benzene rings is 1. The van der Waals surface area contributed by atoms with Gasteiger partial charge in [0.15, 0.2) is 0 Å². The van der Waals surface area contributed by atoms with E-state index in [2.05, 4.69) is 64.4 Å². The fraction of sp³-hybridized carbons (Fsp3) is 0.474. The van der Waals surface area contributed by atoms with Crippen molar-refractivity contribution in [2.45, 2.75) is 40.2 Å². The highest BCUT2D eigenvalue weighted by molar-refractivity contribution is 5.50. The summed E-state index contributed by atoms with van der Waals surface area (Å²) in [4.78, 5) is 11.6. The minimum Gasteiger partial charge on any atom is -0.366 e. The van der Waals surface area contributed by atoms with E-state index in [1.54, 1.807) is 0 Å². The average molecular weight is 310 g/mol. The van der Waals surface area contributed by atoms with Gasteiger partial charge in [-0.05, 0) is 38.2 Å². The third-order valence-electron chi connectivity index (χ3n) is 4.40. The quantitative estimate of drug-likeness (QED) is 0.928. The lowest BCUT2D eigenvalue weighted by Crippen LogP contribution is -2.35. The molecule has 0 amide bonds. The molecule has 3 rings (SSSR count). The first-order valence-electron chi connectivity index (χ1n) is 8.50. The van der Waals surface area contributed by atoms with Crippen molar-refractivity contribution in [1.82, 2.24) is 9.97 Å². The molecule has 2 aromatic rings. The van der Waals surface area contributed by atoms with Crippen LogP contribution in [0.25, 0.3) is 0 Å². The van der Waals surface area contributed by atoms with Crippen LogP contribution in [0.2, 0.25) is 0 Å². The molecule has 1 aromatic carbocycles. The molecule has 1 aromatic heterocycles. The molecule has 4 heteroatoms. The molecule has 0 bridgehead atoms. The summed E-state index contributed by atoms with van der Waals surface area (Å²) in [5, 5.41) is 3.43. The standard InChI is InChI=1S/C19H26N4/c1-14-6-8-17(9-7-14)12-20-18-11-19(22-16(3)21-18)23-10-4-5-15(2)13-23/h6-9,11,15H,4-5,10,12-13H2,1-3H3,(H,20,21,22). The summed E-state index contributed by atoms with van der Waals surface area (Å²) in [6, 6.07) is 10.7. The van der Waals surface area contributed by atoms with Crippen molar-refractivity contribution in [3.8, 4) is 0 Å². The van der Waals surface area contributed by atoms with Crippen LogP contribution in [0.15, 0.2) is 30.3 Å². The zero-order chi connectivity index (χ0) is 16.2. The normalized spacial score (nSPS) is 18.0. The number of aromatic nitrogens is 2. The smallest absolute Gasteiger partial charge is 0.134 e. The molecular formula is C19H26N4. The van der Waals surface area contributed by atoms with Crippen LogP contribution in [0.1, 0.15) is 36.7 Å². The molecule has 1 unspecified atom stereocenters. The van der Waals surface area contributed by atoms with Gasteiger partial charge in [-0.2, -0.15) is 0 Å². The Balaban J connectivity index is 1.71. The van der Waals surface area contributed by atoms with Gasteiger partial charge in [-0.15, -0.1) is 0 Å². The van der Waals surface area contributed by atoms with Gasteiger partial charge in [-0.25, -0.2) is 9.97 Å². The maximum Gasteiger partial charge on any atom is 0.134 e. The number of rotatable bonds is 4. The van der Waals surface area contributed by atoms with Gasteiger partial charge in [-0.1, -0.05) is 36.8 Å². The fourth-order valence-corrected chi connectivity index (χ4v) is 3.10. The first-order chi connectivity index (χ1) is 11.1. The molecule has 4 nitrogen and oxygen atoms in total. The Morgan fingerprint density at radius 3 is 2.70 bits per heavy atom. The van der Waals surface area contributed by atoms with Gasteiger partial charge in [-0.3, -0.25) is 0 Å². The van der Waals surface area contributed by atoms with Gasteiger partial charge in [0.2, 0.25) is 0 Å². The predicted molar refractivity (Wildman–Crippen MR) is 95.9 cm³/mol. The van der Waals surface area contributed by atoms with Crippen LogP contribution in [0.4, 0.5) is 11.6 Å². The third-order valence-corrected chi connectivity index (χ3v) is 4.40. The predicted octanol–water partition coefficient (Wildman–Crippen LogP) is 3.94. The number of nitrogens with one attached hydrogen (secondary N) is 1. The van der Waals surface area contributed by atoms with Crippen molar-refractivity contribution < 1.29 is 0 Å². The van der Waals surface area contributed by atoms with Crippen molar-refractivity contribution in [3.05, 3.63) is 47.3 Å². The molecule has 1 N–H and O–H groups in total. The van der Waals surface area contributed by atoms with Crippen molar-refractivity contribution in [1.29, 1.82) is 0 Å². The Kier molecular flexibility index (Phi) is 4.79. The molecule has 0 aliphatic carbocycles. The Hall–Kier alpha value is -2.10. The lowest BCUT2D eigenvalue weighted by molar-refractivity contribution is 0.444. The van der Waals surface area contributed by atoms with E-state index in [1.165, 1.54) is 24.0 Å². The minimum atomic E-state index is 0.739. The second-order valence-electron chi connectivity index (χ2n) is 6.69. The molecule has 122 valence electrons. The molecule has 1 fully saturated rings. The van der Waals surface area contributed by atoms with E-state index in [0.29, 0.717) is 0 Å². The maximum absolute atomic E-state index is 4.63. The van der Waals surface area contributed by atoms with Crippen LogP contribution in [0, 0.1) is 19.8 Å². The lowest BCUT2D eigenvalue weighted by atomic mass is 10.0. The topological polar surface area (TPSA) is 41.0 Å². The molecule has 1 saturated heterocycles. The summed E-state index contributed by atoms with van der Waals surface area (Å²) in [6.45, 7) is 9.36. The number of anilines is 2. The Bertz CT molecular complexity index is 651. The van der Waals surface area contributed by atoms with E-state index in [4.69, 9.17) is 0 Å². The number of nitrogens with zero attached hydrogens (tertiary/aromatic N) is 3. The SMILES string of the molecule is Cc1ccc(CNc2cc(N3CCCC(C)C3)nc(C)n2)cc1. The van der Waals surface area contributed by atoms with Crippen molar-refractivity contribution >= 4 is 11.6 Å². The average Bonchev–Trinajstić information content (AvgIpc) is 2.54. The lowest BCUT2D eigenvalue weighted by Gasteiger charge is -2.32. The van der Waals surface area contributed by atoms with Crippen LogP contribution in [0.5, 0.6) is 0 Å². The largest absolute Gasteiger partial charge is 0.366 e. The van der Waals surface area contributed by atoms with Crippen molar-refractivity contribution in [2.24, 2.45) is 5.92 Å². The summed E-state index contributed by atoms with van der Waals surface area (Å²) in [6.07, 6.45) is 2.56. The Labute approximate surface area is 139 Å². The van der Waals surface area contributed by atoms with Crippen LogP contribution < -0.4 is 10.2 Å². The van der Waals surface area contributed by atoms with E-state index in [9.17, 15) is 0 Å². The van der Waals surface area contributed by atoms with Gasteiger partial charge in [0.1, 0.15) is 17.5 Å². The van der Waals surface area contributed by atoms with Gasteiger partial charge in [0, 0.05) is 25.7 Å². The molecule has 1 aliphatic rings. The number of aryl methyl sites for hydroxylation is 2. The first kappa shape index (κ1) is 15.8. The second-order valence-corrected chi connectivity index (χ2v) is 6.69. The highest BCUT2D eigenvalue weighted by Crippen LogP contribution is 2.23. The maximum atomic E-state index is 4.63. The van der Waals surface area contributed by atoms with Crippen LogP contribution in [0.3, 0.4) is 0 Å². The van der Waals surface area contributed by atoms with E-state index in [1.807, 2.05) is 6.92 Å². The van der Waals surface area contributed by atoms with Gasteiger partial charge >= 0.3 is 0 Å². The monoisotopic (exact) mass is 310 g/mol. The molecule has 1 aliphatic heterocycles. The molecule has 2 heterocycles. The molecule has 0 radical (unpaired) electrons. The summed E-state index contributed by atoms with van der Waals surface area (Å²) >= 11 is 0. The van der Waals surface area contributed by atoms with Gasteiger partial charge < -0.3 is 10.2 Å². The number of hydrogen-bond acceptors (Lipinski definition) is 4. The fourth-order valence-electron chi connectivity index (χ4n) is 3.10. The highest BCUT2D eigenvalue weighted by atomic mass is 15.2. The second kappa shape index (κ2) is 6.99. The first-order valence-corrected chi connectivity index (χ1v) is 8.50.